The van der Waals surface area contributed by atoms with E-state index in [2.05, 4.69) is 5.32 Å². The molecule has 0 spiro atoms. The highest BCUT2D eigenvalue weighted by Gasteiger charge is 2.21. The zero-order valence-electron chi connectivity index (χ0n) is 14.0. The van der Waals surface area contributed by atoms with Crippen LogP contribution in [0.1, 0.15) is 17.3 Å². The fraction of sp³-hybridized carbons (Fsp3) is 0.222. The van der Waals surface area contributed by atoms with Gasteiger partial charge in [-0.3, -0.25) is 4.79 Å². The SMILES string of the molecule is COC(=O)c1ccc(OC)cc1O[C@H](C)C(=O)Nc1ccccc1F. The van der Waals surface area contributed by atoms with Gasteiger partial charge in [-0.1, -0.05) is 12.1 Å². The van der Waals surface area contributed by atoms with Crippen molar-refractivity contribution in [1.82, 2.24) is 0 Å². The largest absolute Gasteiger partial charge is 0.497 e. The van der Waals surface area contributed by atoms with Crippen LogP contribution in [0.2, 0.25) is 0 Å². The fourth-order valence-corrected chi connectivity index (χ4v) is 2.05. The van der Waals surface area contributed by atoms with E-state index in [1.165, 1.54) is 51.5 Å². The summed E-state index contributed by atoms with van der Waals surface area (Å²) in [6, 6.07) is 10.3. The van der Waals surface area contributed by atoms with Gasteiger partial charge in [0.25, 0.3) is 5.91 Å². The van der Waals surface area contributed by atoms with E-state index >= 15 is 0 Å². The molecule has 0 radical (unpaired) electrons. The number of halogens is 1. The Kier molecular flexibility index (Phi) is 5.94. The third-order valence-corrected chi connectivity index (χ3v) is 3.40. The quantitative estimate of drug-likeness (QED) is 0.813. The number of nitrogens with one attached hydrogen (secondary N) is 1. The standard InChI is InChI=1S/C18H18FNO5/c1-11(17(21)20-15-7-5-4-6-14(15)19)25-16-10-12(23-2)8-9-13(16)18(22)24-3/h4-11H,1-3H3,(H,20,21)/t11-/m1/s1. The molecule has 0 aliphatic heterocycles. The van der Waals surface area contributed by atoms with E-state index in [0.29, 0.717) is 5.75 Å². The summed E-state index contributed by atoms with van der Waals surface area (Å²) in [5.41, 5.74) is 0.190. The van der Waals surface area contributed by atoms with Crippen molar-refractivity contribution in [2.24, 2.45) is 0 Å². The molecule has 0 fully saturated rings. The molecule has 2 aromatic carbocycles. The Morgan fingerprint density at radius 3 is 2.48 bits per heavy atom. The number of amides is 1. The molecule has 0 heterocycles. The smallest absolute Gasteiger partial charge is 0.341 e. The van der Waals surface area contributed by atoms with Gasteiger partial charge in [-0.05, 0) is 31.2 Å². The molecule has 0 aliphatic carbocycles. The number of rotatable bonds is 6. The molecule has 132 valence electrons. The first-order valence-electron chi connectivity index (χ1n) is 7.44. The van der Waals surface area contributed by atoms with Crippen LogP contribution >= 0.6 is 0 Å². The molecule has 0 saturated heterocycles. The minimum atomic E-state index is -0.991. The maximum atomic E-state index is 13.6. The fourth-order valence-electron chi connectivity index (χ4n) is 2.05. The average Bonchev–Trinajstić information content (AvgIpc) is 2.62. The predicted molar refractivity (Wildman–Crippen MR) is 89.5 cm³/mol. The highest BCUT2D eigenvalue weighted by molar-refractivity contribution is 5.95. The number of carbonyl (C=O) groups excluding carboxylic acids is 2. The van der Waals surface area contributed by atoms with Crippen molar-refractivity contribution in [3.05, 3.63) is 53.8 Å². The highest BCUT2D eigenvalue weighted by Crippen LogP contribution is 2.26. The van der Waals surface area contributed by atoms with E-state index in [-0.39, 0.29) is 17.0 Å². The van der Waals surface area contributed by atoms with E-state index in [1.54, 1.807) is 12.1 Å². The molecule has 7 heteroatoms. The first-order chi connectivity index (χ1) is 12.0. The summed E-state index contributed by atoms with van der Waals surface area (Å²) in [5, 5.41) is 2.44. The lowest BCUT2D eigenvalue weighted by Gasteiger charge is -2.17. The van der Waals surface area contributed by atoms with Crippen molar-refractivity contribution in [2.75, 3.05) is 19.5 Å². The second-order valence-corrected chi connectivity index (χ2v) is 5.08. The van der Waals surface area contributed by atoms with E-state index in [4.69, 9.17) is 14.2 Å². The highest BCUT2D eigenvalue weighted by atomic mass is 19.1. The van der Waals surface area contributed by atoms with Crippen LogP contribution in [0, 0.1) is 5.82 Å². The van der Waals surface area contributed by atoms with Crippen LogP contribution in [0.4, 0.5) is 10.1 Å². The summed E-state index contributed by atoms with van der Waals surface area (Å²) in [4.78, 5) is 24.1. The van der Waals surface area contributed by atoms with Crippen LogP contribution in [0.5, 0.6) is 11.5 Å². The number of carbonyl (C=O) groups is 2. The molecular weight excluding hydrogens is 329 g/mol. The lowest BCUT2D eigenvalue weighted by atomic mass is 10.2. The van der Waals surface area contributed by atoms with Crippen LogP contribution in [0.15, 0.2) is 42.5 Å². The molecule has 0 aliphatic rings. The molecule has 2 rings (SSSR count). The molecule has 0 aromatic heterocycles. The number of hydrogen-bond donors (Lipinski definition) is 1. The Bertz CT molecular complexity index is 778. The van der Waals surface area contributed by atoms with Gasteiger partial charge in [0.2, 0.25) is 0 Å². The average molecular weight is 347 g/mol. The zero-order valence-corrected chi connectivity index (χ0v) is 14.0. The molecule has 0 bridgehead atoms. The molecule has 1 amide bonds. The number of ether oxygens (including phenoxy) is 3. The first kappa shape index (κ1) is 18.3. The van der Waals surface area contributed by atoms with Crippen LogP contribution in [0.3, 0.4) is 0 Å². The Morgan fingerprint density at radius 1 is 1.12 bits per heavy atom. The number of methoxy groups -OCH3 is 2. The number of esters is 1. The van der Waals surface area contributed by atoms with Gasteiger partial charge in [-0.15, -0.1) is 0 Å². The summed E-state index contributed by atoms with van der Waals surface area (Å²) in [6.07, 6.45) is -0.991. The van der Waals surface area contributed by atoms with Gasteiger partial charge in [-0.25, -0.2) is 9.18 Å². The van der Waals surface area contributed by atoms with Crippen molar-refractivity contribution in [1.29, 1.82) is 0 Å². The van der Waals surface area contributed by atoms with Gasteiger partial charge in [-0.2, -0.15) is 0 Å². The van der Waals surface area contributed by atoms with Crippen LogP contribution in [0.25, 0.3) is 0 Å². The minimum Gasteiger partial charge on any atom is -0.497 e. The third-order valence-electron chi connectivity index (χ3n) is 3.40. The first-order valence-corrected chi connectivity index (χ1v) is 7.44. The number of benzene rings is 2. The third kappa shape index (κ3) is 4.47. The summed E-state index contributed by atoms with van der Waals surface area (Å²) in [5.74, 6) is -1.16. The molecule has 6 nitrogen and oxygen atoms in total. The Morgan fingerprint density at radius 2 is 1.84 bits per heavy atom. The molecule has 2 aromatic rings. The monoisotopic (exact) mass is 347 g/mol. The second-order valence-electron chi connectivity index (χ2n) is 5.08. The number of para-hydroxylation sites is 1. The minimum absolute atomic E-state index is 0.0433. The normalized spacial score (nSPS) is 11.4. The Balaban J connectivity index is 2.18. The zero-order chi connectivity index (χ0) is 18.4. The molecule has 1 N–H and O–H groups in total. The van der Waals surface area contributed by atoms with E-state index in [1.807, 2.05) is 0 Å². The van der Waals surface area contributed by atoms with Crippen molar-refractivity contribution in [2.45, 2.75) is 13.0 Å². The van der Waals surface area contributed by atoms with Crippen molar-refractivity contribution in [3.63, 3.8) is 0 Å². The van der Waals surface area contributed by atoms with Crippen molar-refractivity contribution < 1.29 is 28.2 Å². The summed E-state index contributed by atoms with van der Waals surface area (Å²) in [7, 11) is 2.70. The van der Waals surface area contributed by atoms with E-state index in [9.17, 15) is 14.0 Å². The van der Waals surface area contributed by atoms with Crippen LogP contribution in [-0.4, -0.2) is 32.2 Å². The molecule has 1 atom stereocenters. The number of hydrogen-bond acceptors (Lipinski definition) is 5. The maximum absolute atomic E-state index is 13.6. The molecule has 25 heavy (non-hydrogen) atoms. The topological polar surface area (TPSA) is 73.9 Å². The van der Waals surface area contributed by atoms with Gasteiger partial charge in [0.1, 0.15) is 22.9 Å². The Labute approximate surface area is 144 Å². The predicted octanol–water partition coefficient (Wildman–Crippen LogP) is 3.03. The van der Waals surface area contributed by atoms with Crippen molar-refractivity contribution >= 4 is 17.6 Å². The second kappa shape index (κ2) is 8.14. The summed E-state index contributed by atoms with van der Waals surface area (Å²) < 4.78 is 29.0. The summed E-state index contributed by atoms with van der Waals surface area (Å²) in [6.45, 7) is 1.48. The van der Waals surface area contributed by atoms with Gasteiger partial charge in [0, 0.05) is 6.07 Å². The van der Waals surface area contributed by atoms with Crippen LogP contribution in [-0.2, 0) is 9.53 Å². The van der Waals surface area contributed by atoms with E-state index < -0.39 is 23.8 Å². The van der Waals surface area contributed by atoms with Crippen LogP contribution < -0.4 is 14.8 Å². The van der Waals surface area contributed by atoms with Gasteiger partial charge in [0.15, 0.2) is 6.10 Å². The molecule has 0 unspecified atom stereocenters. The lowest BCUT2D eigenvalue weighted by molar-refractivity contribution is -0.122. The van der Waals surface area contributed by atoms with E-state index in [0.717, 1.165) is 0 Å². The van der Waals surface area contributed by atoms with Gasteiger partial charge < -0.3 is 19.5 Å². The van der Waals surface area contributed by atoms with Gasteiger partial charge in [0.05, 0.1) is 19.9 Å². The lowest BCUT2D eigenvalue weighted by Crippen LogP contribution is -2.31. The summed E-state index contributed by atoms with van der Waals surface area (Å²) >= 11 is 0. The maximum Gasteiger partial charge on any atom is 0.341 e. The van der Waals surface area contributed by atoms with Gasteiger partial charge >= 0.3 is 5.97 Å². The van der Waals surface area contributed by atoms with Crippen molar-refractivity contribution in [3.8, 4) is 11.5 Å². The Hall–Kier alpha value is -3.09. The molecular formula is C18H18FNO5. The molecule has 0 saturated carbocycles. The number of anilines is 1.